The van der Waals surface area contributed by atoms with Crippen molar-refractivity contribution in [1.29, 1.82) is 0 Å². The van der Waals surface area contributed by atoms with Crippen LogP contribution >= 0.6 is 21.4 Å². The molecule has 0 aromatic heterocycles. The maximum absolute atomic E-state index is 12.9. The summed E-state index contributed by atoms with van der Waals surface area (Å²) in [6, 6.07) is 15.4. The Hall–Kier alpha value is -3.18. The van der Waals surface area contributed by atoms with Gasteiger partial charge in [-0.15, -0.1) is 0 Å². The number of carbonyl (C=O) groups excluding carboxylic acids is 3. The van der Waals surface area contributed by atoms with Crippen LogP contribution in [-0.4, -0.2) is 189 Å². The number of carbonyl (C=O) groups is 4. The standard InChI is InChI=1S/C15H14FN.C11H19NO4.C10H17NO4.C7H11NO.C4H8O3.5CH4.Cl2OS/c16-13-7-5-12(6-8-13)15-14-4-2-1-3-11(14)9-10-17-15;1-15-9(10(13)16-2)11(14)7-12-5-3-8(11)4-6-12;1-15-8(9(12)13)10(14)6-11-4-2-7(10)3-5-11;9-7-5-8-3-1-6(7)2-4-8;1-6-3-4(5)7-2;;;;;;1-4(2)3/h1-8,15,17H,9-10H2;8-9,14H,3-7H2,1-2H3;7-8,14H,2-6H2,1H3,(H,12,13);6H,1-5H2;3H2,1-2H3;5*1H4;/t15-;;;;;;;;;;/m0........../s1. The molecule has 0 saturated carbocycles. The number of ether oxygens (including phenoxy) is 5. The molecule has 9 saturated heterocycles. The highest BCUT2D eigenvalue weighted by Gasteiger charge is 2.55. The van der Waals surface area contributed by atoms with Crippen LogP contribution in [0.1, 0.15) is 98.4 Å². The number of hydrogen-bond acceptors (Lipinski definition) is 16. The van der Waals surface area contributed by atoms with Crippen LogP contribution in [0, 0.1) is 23.6 Å². The van der Waals surface area contributed by atoms with Crippen LogP contribution in [0.25, 0.3) is 0 Å². The zero-order valence-electron chi connectivity index (χ0n) is 39.6. The molecule has 2 aromatic rings. The number of carboxylic acid groups (broad SMARTS) is 1. The van der Waals surface area contributed by atoms with Gasteiger partial charge in [-0.1, -0.05) is 73.5 Å². The van der Waals surface area contributed by atoms with E-state index in [0.29, 0.717) is 24.8 Å². The van der Waals surface area contributed by atoms with E-state index in [1.54, 1.807) is 0 Å². The van der Waals surface area contributed by atoms with E-state index in [2.05, 4.69) is 79.9 Å². The number of fused-ring (bicyclic) bond motifs is 10. The minimum absolute atomic E-state index is 0. The van der Waals surface area contributed by atoms with E-state index >= 15 is 0 Å². The summed E-state index contributed by atoms with van der Waals surface area (Å²) < 4.78 is 45.4. The number of piperidine rings is 9. The van der Waals surface area contributed by atoms with Gasteiger partial charge in [0.15, 0.2) is 12.2 Å². The molecular weight excluding hydrogens is 1010 g/mol. The van der Waals surface area contributed by atoms with Crippen LogP contribution in [0.15, 0.2) is 48.5 Å². The van der Waals surface area contributed by atoms with Crippen LogP contribution in [0.3, 0.4) is 0 Å². The summed E-state index contributed by atoms with van der Waals surface area (Å²) in [6.07, 6.45) is 4.91. The van der Waals surface area contributed by atoms with Crippen molar-refractivity contribution in [2.45, 2.75) is 112 Å². The van der Waals surface area contributed by atoms with Crippen LogP contribution in [0.4, 0.5) is 4.39 Å². The van der Waals surface area contributed by atoms with Crippen molar-refractivity contribution >= 4 is 54.3 Å². The minimum atomic E-state index is -1.67. The topological polar surface area (TPSA) is 214 Å². The lowest BCUT2D eigenvalue weighted by Gasteiger charge is -2.52. The first-order valence-corrected chi connectivity index (χ1v) is 25.6. The third-order valence-corrected chi connectivity index (χ3v) is 13.8. The Bertz CT molecular complexity index is 1940. The lowest BCUT2D eigenvalue weighted by molar-refractivity contribution is -0.201. The molecule has 73 heavy (non-hydrogen) atoms. The SMILES string of the molecule is C.C.C.C.C.COC(=O)C(OC)C1(O)CN2CCC1CC2.COC(C(=O)O)C1(O)CN2CCC1CC2.COCC(=O)OC.Fc1ccc([C@@H]2NCCc3ccccc32)cc1.O=C1CN2CCC1CC2.O=S(Cl)Cl. The number of aliphatic hydroxyl groups is 2. The summed E-state index contributed by atoms with van der Waals surface area (Å²) in [7, 11) is 14.2. The largest absolute Gasteiger partial charge is 0.479 e. The van der Waals surface area contributed by atoms with Gasteiger partial charge in [0.2, 0.25) is 9.23 Å². The molecule has 0 spiro atoms. The van der Waals surface area contributed by atoms with Gasteiger partial charge in [0, 0.05) is 68.2 Å². The first-order chi connectivity index (χ1) is 32.4. The molecular formula is C52H89Cl2FN4O13S. The third kappa shape index (κ3) is 20.4. The quantitative estimate of drug-likeness (QED) is 0.155. The number of halogens is 3. The predicted molar refractivity (Wildman–Crippen MR) is 287 cm³/mol. The molecule has 4 N–H and O–H groups in total. The van der Waals surface area contributed by atoms with Crippen molar-refractivity contribution in [2.75, 3.05) is 108 Å². The first-order valence-electron chi connectivity index (χ1n) is 22.8. The number of hydrogen-bond donors (Lipinski definition) is 4. The number of esters is 2. The van der Waals surface area contributed by atoms with E-state index in [4.69, 9.17) is 18.8 Å². The normalized spacial score (nSPS) is 27.9. The third-order valence-electron chi connectivity index (χ3n) is 13.8. The summed E-state index contributed by atoms with van der Waals surface area (Å²) in [5.41, 5.74) is 1.53. The smallest absolute Gasteiger partial charge is 0.338 e. The number of nitrogens with one attached hydrogen (secondary N) is 1. The number of methoxy groups -OCH3 is 5. The fourth-order valence-corrected chi connectivity index (χ4v) is 10.3. The Labute approximate surface area is 447 Å². The summed E-state index contributed by atoms with van der Waals surface area (Å²) in [5, 5.41) is 33.6. The zero-order valence-corrected chi connectivity index (χ0v) is 41.9. The van der Waals surface area contributed by atoms with E-state index < -0.39 is 44.6 Å². The maximum atomic E-state index is 12.9. The molecule has 12 rings (SSSR count). The van der Waals surface area contributed by atoms with Gasteiger partial charge in [0.25, 0.3) is 0 Å². The predicted octanol–water partition coefficient (Wildman–Crippen LogP) is 6.54. The van der Waals surface area contributed by atoms with Crippen LogP contribution < -0.4 is 5.32 Å². The molecule has 422 valence electrons. The summed E-state index contributed by atoms with van der Waals surface area (Å²) >= 11 is 0. The second-order valence-corrected chi connectivity index (χ2v) is 20.3. The maximum Gasteiger partial charge on any atom is 0.338 e. The summed E-state index contributed by atoms with van der Waals surface area (Å²) in [4.78, 5) is 50.2. The molecule has 0 aliphatic carbocycles. The summed E-state index contributed by atoms with van der Waals surface area (Å²) in [5.74, 6) is -0.972. The van der Waals surface area contributed by atoms with Crippen LogP contribution in [0.2, 0.25) is 0 Å². The fraction of sp³-hybridized carbons (Fsp3) is 0.692. The van der Waals surface area contributed by atoms with E-state index in [1.807, 2.05) is 12.1 Å². The molecule has 17 nitrogen and oxygen atoms in total. The van der Waals surface area contributed by atoms with Gasteiger partial charge >= 0.3 is 17.9 Å². The molecule has 5 atom stereocenters. The highest BCUT2D eigenvalue weighted by molar-refractivity contribution is 8.26. The molecule has 0 radical (unpaired) electrons. The highest BCUT2D eigenvalue weighted by Crippen LogP contribution is 2.40. The Balaban J connectivity index is 0. The van der Waals surface area contributed by atoms with Gasteiger partial charge in [0.1, 0.15) is 29.4 Å². The number of ketones is 1. The van der Waals surface area contributed by atoms with Gasteiger partial charge in [-0.3, -0.25) is 9.69 Å². The van der Waals surface area contributed by atoms with Gasteiger partial charge < -0.3 is 54.1 Å². The van der Waals surface area contributed by atoms with E-state index in [-0.39, 0.29) is 73.4 Å². The lowest BCUT2D eigenvalue weighted by atomic mass is 9.72. The number of aliphatic carboxylic acids is 1. The lowest BCUT2D eigenvalue weighted by Crippen LogP contribution is -2.66. The first kappa shape index (κ1) is 71.9. The van der Waals surface area contributed by atoms with Gasteiger partial charge in [-0.2, -0.15) is 0 Å². The van der Waals surface area contributed by atoms with Gasteiger partial charge in [-0.25, -0.2) is 23.0 Å². The fourth-order valence-electron chi connectivity index (χ4n) is 10.3. The van der Waals surface area contributed by atoms with Crippen molar-refractivity contribution < 1.29 is 66.8 Å². The van der Waals surface area contributed by atoms with Crippen molar-refractivity contribution in [1.82, 2.24) is 20.0 Å². The summed E-state index contributed by atoms with van der Waals surface area (Å²) in [6.45, 7) is 8.93. The van der Waals surface area contributed by atoms with Gasteiger partial charge in [-0.05, 0) is 125 Å². The number of benzene rings is 2. The van der Waals surface area contributed by atoms with E-state index in [9.17, 15) is 33.8 Å². The Kier molecular flexibility index (Phi) is 34.7. The van der Waals surface area contributed by atoms with Crippen molar-refractivity contribution in [3.63, 3.8) is 0 Å². The second-order valence-electron chi connectivity index (χ2n) is 17.8. The average Bonchev–Trinajstić information content (AvgIpc) is 3.33. The molecule has 10 heterocycles. The molecule has 21 heteroatoms. The molecule has 10 aliphatic heterocycles. The number of Topliss-reactive ketones (excluding diaryl/α,β-unsaturated/α-hetero) is 1. The number of nitrogens with zero attached hydrogens (tertiary/aromatic N) is 3. The van der Waals surface area contributed by atoms with E-state index in [1.165, 1.54) is 58.8 Å². The molecule has 9 fully saturated rings. The Morgan fingerprint density at radius 2 is 1.21 bits per heavy atom. The molecule has 4 unspecified atom stereocenters. The molecule has 10 aliphatic rings. The van der Waals surface area contributed by atoms with Crippen molar-refractivity contribution in [3.8, 4) is 0 Å². The van der Waals surface area contributed by atoms with Crippen LogP contribution in [0.5, 0.6) is 0 Å². The molecule has 0 amide bonds. The average molecular weight is 1100 g/mol. The number of rotatable bonds is 9. The van der Waals surface area contributed by atoms with Crippen LogP contribution in [-0.2, 0) is 58.5 Å². The van der Waals surface area contributed by atoms with Crippen molar-refractivity contribution in [2.24, 2.45) is 17.8 Å². The Morgan fingerprint density at radius 3 is 1.55 bits per heavy atom. The van der Waals surface area contributed by atoms with Gasteiger partial charge in [0.05, 0.1) is 26.8 Å². The zero-order chi connectivity index (χ0) is 50.0. The minimum Gasteiger partial charge on any atom is -0.479 e. The monoisotopic (exact) mass is 1100 g/mol. The molecule has 2 aromatic carbocycles. The highest BCUT2D eigenvalue weighted by atomic mass is 36.0. The van der Waals surface area contributed by atoms with E-state index in [0.717, 1.165) is 103 Å². The molecule has 6 bridgehead atoms. The second kappa shape index (κ2) is 35.2. The number of carboxylic acids is 1. The Morgan fingerprint density at radius 1 is 0.740 bits per heavy atom. The van der Waals surface area contributed by atoms with Crippen molar-refractivity contribution in [3.05, 3.63) is 71.0 Å².